The third-order valence-electron chi connectivity index (χ3n) is 2.86. The van der Waals surface area contributed by atoms with E-state index in [0.717, 1.165) is 12.8 Å². The lowest BCUT2D eigenvalue weighted by atomic mass is 9.86. The van der Waals surface area contributed by atoms with E-state index in [-0.39, 0.29) is 17.8 Å². The van der Waals surface area contributed by atoms with Crippen LogP contribution in [0.4, 0.5) is 0 Å². The Morgan fingerprint density at radius 1 is 1.25 bits per heavy atom. The first-order valence-corrected chi connectivity index (χ1v) is 4.57. The minimum Gasteiger partial charge on any atom is -0.396 e. The summed E-state index contributed by atoms with van der Waals surface area (Å²) in [6, 6.07) is 0. The number of hydrogen-bond donors (Lipinski definition) is 1. The average Bonchev–Trinajstić information content (AvgIpc) is 2.04. The zero-order valence-electron chi connectivity index (χ0n) is 7.51. The Hall–Kier alpha value is -0.120. The maximum Gasteiger partial charge on any atom is 0.168 e. The van der Waals surface area contributed by atoms with Gasteiger partial charge in [0.15, 0.2) is 5.79 Å². The maximum atomic E-state index is 9.05. The average molecular weight is 172 g/mol. The fraction of sp³-hybridized carbons (Fsp3) is 1.00. The number of rotatable bonds is 1. The molecule has 1 saturated carbocycles. The predicted octanol–water partition coefficient (Wildman–Crippen LogP) is 0.912. The summed E-state index contributed by atoms with van der Waals surface area (Å²) in [7, 11) is 0. The molecule has 1 saturated heterocycles. The van der Waals surface area contributed by atoms with E-state index in [1.54, 1.807) is 0 Å². The molecule has 0 aromatic rings. The molecule has 2 fully saturated rings. The normalized spacial score (nSPS) is 31.5. The molecule has 3 nitrogen and oxygen atoms in total. The predicted molar refractivity (Wildman–Crippen MR) is 43.7 cm³/mol. The number of ether oxygens (including phenoxy) is 2. The van der Waals surface area contributed by atoms with Gasteiger partial charge < -0.3 is 14.6 Å². The molecular formula is C9H16O3. The smallest absolute Gasteiger partial charge is 0.168 e. The van der Waals surface area contributed by atoms with Crippen molar-refractivity contribution >= 4 is 0 Å². The minimum absolute atomic E-state index is 0.142. The molecule has 2 aliphatic rings. The second-order valence-electron chi connectivity index (χ2n) is 4.31. The van der Waals surface area contributed by atoms with Crippen molar-refractivity contribution in [3.8, 4) is 0 Å². The first kappa shape index (κ1) is 8.48. The van der Waals surface area contributed by atoms with Crippen molar-refractivity contribution in [2.45, 2.75) is 32.0 Å². The summed E-state index contributed by atoms with van der Waals surface area (Å²) in [4.78, 5) is 0. The number of aliphatic hydroxyl groups excluding tert-OH is 1. The molecule has 1 spiro atoms. The fourth-order valence-electron chi connectivity index (χ4n) is 1.54. The summed E-state index contributed by atoms with van der Waals surface area (Å²) in [6.45, 7) is 3.38. The van der Waals surface area contributed by atoms with Gasteiger partial charge in [-0.3, -0.25) is 0 Å². The summed E-state index contributed by atoms with van der Waals surface area (Å²) >= 11 is 0. The van der Waals surface area contributed by atoms with Crippen molar-refractivity contribution in [3.05, 3.63) is 0 Å². The van der Waals surface area contributed by atoms with Crippen LogP contribution in [0.1, 0.15) is 26.2 Å². The van der Waals surface area contributed by atoms with Crippen molar-refractivity contribution in [2.24, 2.45) is 5.41 Å². The highest BCUT2D eigenvalue weighted by molar-refractivity contribution is 4.87. The van der Waals surface area contributed by atoms with Gasteiger partial charge in [0.25, 0.3) is 0 Å². The SMILES string of the molecule is CC1(CO)COC2(CCC2)OC1. The van der Waals surface area contributed by atoms with Crippen LogP contribution in [0.5, 0.6) is 0 Å². The molecule has 0 aromatic heterocycles. The van der Waals surface area contributed by atoms with Gasteiger partial charge in [-0.25, -0.2) is 0 Å². The minimum atomic E-state index is -0.255. The second-order valence-corrected chi connectivity index (χ2v) is 4.31. The summed E-state index contributed by atoms with van der Waals surface area (Å²) in [5, 5.41) is 9.05. The van der Waals surface area contributed by atoms with Gasteiger partial charge >= 0.3 is 0 Å². The van der Waals surface area contributed by atoms with Gasteiger partial charge in [-0.15, -0.1) is 0 Å². The van der Waals surface area contributed by atoms with E-state index >= 15 is 0 Å². The van der Waals surface area contributed by atoms with Gasteiger partial charge in [0.05, 0.1) is 19.8 Å². The van der Waals surface area contributed by atoms with Gasteiger partial charge in [0.1, 0.15) is 0 Å². The van der Waals surface area contributed by atoms with Crippen molar-refractivity contribution in [1.29, 1.82) is 0 Å². The zero-order chi connectivity index (χ0) is 8.66. The molecule has 2 rings (SSSR count). The quantitative estimate of drug-likeness (QED) is 0.639. The van der Waals surface area contributed by atoms with Crippen LogP contribution in [0.3, 0.4) is 0 Å². The van der Waals surface area contributed by atoms with Crippen LogP contribution < -0.4 is 0 Å². The molecule has 12 heavy (non-hydrogen) atoms. The van der Waals surface area contributed by atoms with Gasteiger partial charge in [0.2, 0.25) is 0 Å². The highest BCUT2D eigenvalue weighted by Gasteiger charge is 2.46. The van der Waals surface area contributed by atoms with E-state index < -0.39 is 0 Å². The van der Waals surface area contributed by atoms with Crippen molar-refractivity contribution in [3.63, 3.8) is 0 Å². The van der Waals surface area contributed by atoms with Gasteiger partial charge in [0, 0.05) is 18.3 Å². The number of aliphatic hydroxyl groups is 1. The van der Waals surface area contributed by atoms with E-state index in [2.05, 4.69) is 0 Å². The topological polar surface area (TPSA) is 38.7 Å². The van der Waals surface area contributed by atoms with Crippen molar-refractivity contribution in [2.75, 3.05) is 19.8 Å². The Balaban J connectivity index is 1.92. The third kappa shape index (κ3) is 1.26. The molecule has 0 atom stereocenters. The molecule has 3 heteroatoms. The lowest BCUT2D eigenvalue weighted by Gasteiger charge is -2.48. The van der Waals surface area contributed by atoms with Gasteiger partial charge in [-0.1, -0.05) is 6.92 Å². The van der Waals surface area contributed by atoms with Crippen LogP contribution in [0.15, 0.2) is 0 Å². The van der Waals surface area contributed by atoms with Crippen LogP contribution in [0.2, 0.25) is 0 Å². The van der Waals surface area contributed by atoms with Gasteiger partial charge in [-0.05, 0) is 6.42 Å². The summed E-state index contributed by atoms with van der Waals surface area (Å²) in [6.07, 6.45) is 3.25. The highest BCUT2D eigenvalue weighted by Crippen LogP contribution is 2.42. The largest absolute Gasteiger partial charge is 0.396 e. The van der Waals surface area contributed by atoms with Crippen LogP contribution in [0.25, 0.3) is 0 Å². The lowest BCUT2D eigenvalue weighted by molar-refractivity contribution is -0.335. The molecule has 1 heterocycles. The van der Waals surface area contributed by atoms with Crippen molar-refractivity contribution < 1.29 is 14.6 Å². The Morgan fingerprint density at radius 3 is 2.17 bits per heavy atom. The molecule has 0 aromatic carbocycles. The molecular weight excluding hydrogens is 156 g/mol. The molecule has 0 bridgehead atoms. The Morgan fingerprint density at radius 2 is 1.83 bits per heavy atom. The molecule has 0 radical (unpaired) electrons. The van der Waals surface area contributed by atoms with E-state index in [0.29, 0.717) is 13.2 Å². The zero-order valence-corrected chi connectivity index (χ0v) is 7.51. The Labute approximate surface area is 72.7 Å². The van der Waals surface area contributed by atoms with Gasteiger partial charge in [-0.2, -0.15) is 0 Å². The highest BCUT2D eigenvalue weighted by atomic mass is 16.7. The molecule has 0 amide bonds. The first-order chi connectivity index (χ1) is 5.68. The molecule has 1 aliphatic carbocycles. The fourth-order valence-corrected chi connectivity index (χ4v) is 1.54. The maximum absolute atomic E-state index is 9.05. The molecule has 0 unspecified atom stereocenters. The van der Waals surface area contributed by atoms with Crippen molar-refractivity contribution in [1.82, 2.24) is 0 Å². The number of hydrogen-bond acceptors (Lipinski definition) is 3. The van der Waals surface area contributed by atoms with E-state index in [4.69, 9.17) is 14.6 Å². The molecule has 70 valence electrons. The van der Waals surface area contributed by atoms with E-state index in [9.17, 15) is 0 Å². The Kier molecular flexibility index (Phi) is 1.90. The van der Waals surface area contributed by atoms with Crippen LogP contribution in [-0.4, -0.2) is 30.7 Å². The standard InChI is InChI=1S/C9H16O3/c1-8(5-10)6-11-9(12-7-8)3-2-4-9/h10H,2-7H2,1H3. The summed E-state index contributed by atoms with van der Waals surface area (Å²) in [5.41, 5.74) is -0.180. The molecule has 1 N–H and O–H groups in total. The second kappa shape index (κ2) is 2.69. The third-order valence-corrected chi connectivity index (χ3v) is 2.86. The Bertz CT molecular complexity index is 153. The lowest BCUT2D eigenvalue weighted by Crippen LogP contribution is -2.53. The van der Waals surface area contributed by atoms with Crippen LogP contribution in [-0.2, 0) is 9.47 Å². The first-order valence-electron chi connectivity index (χ1n) is 4.57. The molecule has 1 aliphatic heterocycles. The van der Waals surface area contributed by atoms with Crippen LogP contribution >= 0.6 is 0 Å². The summed E-state index contributed by atoms with van der Waals surface area (Å²) in [5.74, 6) is -0.255. The monoisotopic (exact) mass is 172 g/mol. The van der Waals surface area contributed by atoms with E-state index in [1.807, 2.05) is 6.92 Å². The van der Waals surface area contributed by atoms with Crippen LogP contribution in [0, 0.1) is 5.41 Å². The summed E-state index contributed by atoms with van der Waals surface area (Å²) < 4.78 is 11.3. The van der Waals surface area contributed by atoms with E-state index in [1.165, 1.54) is 6.42 Å².